The Balaban J connectivity index is 4.56. The molecular formula is C10H13F3O2. The first-order chi connectivity index (χ1) is 6.79. The van der Waals surface area contributed by atoms with Gasteiger partial charge in [-0.2, -0.15) is 13.2 Å². The SMILES string of the molecule is C=CC/C(=C/C[C@H](O)C(C)=O)C(F)(F)F. The number of carbonyl (C=O) groups excluding carboxylic acids is 1. The number of carbonyl (C=O) groups is 1. The second-order valence-electron chi connectivity index (χ2n) is 3.08. The molecule has 0 bridgehead atoms. The third-order valence-electron chi connectivity index (χ3n) is 1.79. The van der Waals surface area contributed by atoms with Crippen molar-refractivity contribution in [3.63, 3.8) is 0 Å². The number of ketones is 1. The van der Waals surface area contributed by atoms with Crippen molar-refractivity contribution < 1.29 is 23.1 Å². The minimum atomic E-state index is -4.44. The van der Waals surface area contributed by atoms with Crippen molar-refractivity contribution in [1.29, 1.82) is 0 Å². The van der Waals surface area contributed by atoms with Gasteiger partial charge in [0.1, 0.15) is 6.10 Å². The van der Waals surface area contributed by atoms with Crippen molar-refractivity contribution in [2.75, 3.05) is 0 Å². The number of alkyl halides is 3. The van der Waals surface area contributed by atoms with Crippen LogP contribution in [0.3, 0.4) is 0 Å². The lowest BCUT2D eigenvalue weighted by Crippen LogP contribution is -2.17. The molecule has 1 atom stereocenters. The average molecular weight is 222 g/mol. The normalized spacial score (nSPS) is 14.9. The lowest BCUT2D eigenvalue weighted by Gasteiger charge is -2.10. The van der Waals surface area contributed by atoms with Crippen LogP contribution < -0.4 is 0 Å². The van der Waals surface area contributed by atoms with Crippen molar-refractivity contribution >= 4 is 5.78 Å². The lowest BCUT2D eigenvalue weighted by atomic mass is 10.1. The fourth-order valence-corrected chi connectivity index (χ4v) is 0.890. The number of aliphatic hydroxyl groups excluding tert-OH is 1. The minimum absolute atomic E-state index is 0.321. The highest BCUT2D eigenvalue weighted by Gasteiger charge is 2.32. The summed E-state index contributed by atoms with van der Waals surface area (Å²) in [4.78, 5) is 10.6. The van der Waals surface area contributed by atoms with Gasteiger partial charge in [-0.1, -0.05) is 12.2 Å². The van der Waals surface area contributed by atoms with E-state index in [1.807, 2.05) is 0 Å². The van der Waals surface area contributed by atoms with Crippen LogP contribution in [0.2, 0.25) is 0 Å². The Bertz CT molecular complexity index is 266. The molecule has 86 valence electrons. The molecule has 5 heteroatoms. The molecule has 0 fully saturated rings. The summed E-state index contributed by atoms with van der Waals surface area (Å²) in [5.74, 6) is -0.550. The second-order valence-corrected chi connectivity index (χ2v) is 3.08. The van der Waals surface area contributed by atoms with Crippen LogP contribution >= 0.6 is 0 Å². The van der Waals surface area contributed by atoms with Gasteiger partial charge in [-0.15, -0.1) is 6.58 Å². The molecule has 0 rings (SSSR count). The molecule has 0 aromatic heterocycles. The molecule has 0 spiro atoms. The van der Waals surface area contributed by atoms with E-state index < -0.39 is 23.6 Å². The van der Waals surface area contributed by atoms with Gasteiger partial charge >= 0.3 is 6.18 Å². The van der Waals surface area contributed by atoms with Gasteiger partial charge in [0, 0.05) is 5.57 Å². The molecule has 0 aromatic carbocycles. The summed E-state index contributed by atoms with van der Waals surface area (Å²) in [6.45, 7) is 4.33. The van der Waals surface area contributed by atoms with Crippen molar-refractivity contribution in [3.8, 4) is 0 Å². The fraction of sp³-hybridized carbons (Fsp3) is 0.500. The van der Waals surface area contributed by atoms with E-state index in [2.05, 4.69) is 6.58 Å². The van der Waals surface area contributed by atoms with Crippen LogP contribution in [-0.4, -0.2) is 23.2 Å². The van der Waals surface area contributed by atoms with Gasteiger partial charge in [0.05, 0.1) is 0 Å². The maximum atomic E-state index is 12.3. The Morgan fingerprint density at radius 3 is 2.40 bits per heavy atom. The van der Waals surface area contributed by atoms with Crippen molar-refractivity contribution in [1.82, 2.24) is 0 Å². The van der Waals surface area contributed by atoms with Gasteiger partial charge in [0.2, 0.25) is 0 Å². The molecule has 0 aliphatic heterocycles. The molecule has 0 aliphatic carbocycles. The van der Waals surface area contributed by atoms with Crippen molar-refractivity contribution in [2.45, 2.75) is 32.0 Å². The Labute approximate surface area is 86.1 Å². The van der Waals surface area contributed by atoms with Gasteiger partial charge < -0.3 is 5.11 Å². The Kier molecular flexibility index (Phi) is 5.28. The van der Waals surface area contributed by atoms with E-state index >= 15 is 0 Å². The summed E-state index contributed by atoms with van der Waals surface area (Å²) in [6.07, 6.45) is -4.50. The molecule has 0 saturated heterocycles. The average Bonchev–Trinajstić information content (AvgIpc) is 2.09. The van der Waals surface area contributed by atoms with Gasteiger partial charge in [-0.25, -0.2) is 0 Å². The zero-order valence-corrected chi connectivity index (χ0v) is 8.34. The zero-order valence-electron chi connectivity index (χ0n) is 8.34. The standard InChI is InChI=1S/C10H13F3O2/c1-3-4-8(10(11,12)13)5-6-9(15)7(2)14/h3,5,9,15H,1,4,6H2,2H3/b8-5-/t9-/m0/s1. The monoisotopic (exact) mass is 222 g/mol. The second kappa shape index (κ2) is 5.70. The molecule has 0 aliphatic rings. The van der Waals surface area contributed by atoms with Gasteiger partial charge in [0.25, 0.3) is 0 Å². The molecule has 0 radical (unpaired) electrons. The van der Waals surface area contributed by atoms with E-state index in [9.17, 15) is 18.0 Å². The van der Waals surface area contributed by atoms with Crippen LogP contribution in [0.25, 0.3) is 0 Å². The van der Waals surface area contributed by atoms with Crippen LogP contribution in [0.15, 0.2) is 24.3 Å². The highest BCUT2D eigenvalue weighted by molar-refractivity contribution is 5.80. The summed E-state index contributed by atoms with van der Waals surface area (Å²) < 4.78 is 36.8. The molecule has 15 heavy (non-hydrogen) atoms. The summed E-state index contributed by atoms with van der Waals surface area (Å²) in [6, 6.07) is 0. The van der Waals surface area contributed by atoms with Crippen molar-refractivity contribution in [3.05, 3.63) is 24.3 Å². The molecule has 0 amide bonds. The first-order valence-corrected chi connectivity index (χ1v) is 4.34. The molecule has 1 N–H and O–H groups in total. The van der Waals surface area contributed by atoms with E-state index in [1.54, 1.807) is 0 Å². The third kappa shape index (κ3) is 5.37. The Morgan fingerprint density at radius 1 is 1.53 bits per heavy atom. The molecular weight excluding hydrogens is 209 g/mol. The largest absolute Gasteiger partial charge is 0.412 e. The first kappa shape index (κ1) is 13.9. The lowest BCUT2D eigenvalue weighted by molar-refractivity contribution is -0.124. The zero-order chi connectivity index (χ0) is 12.1. The summed E-state index contributed by atoms with van der Waals surface area (Å²) >= 11 is 0. The summed E-state index contributed by atoms with van der Waals surface area (Å²) in [5.41, 5.74) is -0.794. The van der Waals surface area contributed by atoms with Crippen LogP contribution in [0.1, 0.15) is 19.8 Å². The summed E-state index contributed by atoms with van der Waals surface area (Å²) in [5, 5.41) is 9.02. The maximum Gasteiger partial charge on any atom is 0.412 e. The maximum absolute atomic E-state index is 12.3. The Morgan fingerprint density at radius 2 is 2.07 bits per heavy atom. The predicted molar refractivity (Wildman–Crippen MR) is 50.3 cm³/mol. The number of rotatable bonds is 5. The van der Waals surface area contributed by atoms with Crippen LogP contribution in [0.5, 0.6) is 0 Å². The fourth-order valence-electron chi connectivity index (χ4n) is 0.890. The third-order valence-corrected chi connectivity index (χ3v) is 1.79. The molecule has 0 saturated carbocycles. The van der Waals surface area contributed by atoms with Gasteiger partial charge in [0.15, 0.2) is 5.78 Å². The highest BCUT2D eigenvalue weighted by atomic mass is 19.4. The molecule has 2 nitrogen and oxygen atoms in total. The van der Waals surface area contributed by atoms with E-state index in [4.69, 9.17) is 5.11 Å². The number of Topliss-reactive ketones (excluding diaryl/α,β-unsaturated/α-hetero) is 1. The number of aliphatic hydroxyl groups is 1. The highest BCUT2D eigenvalue weighted by Crippen LogP contribution is 2.28. The number of halogens is 3. The van der Waals surface area contributed by atoms with Gasteiger partial charge in [-0.05, 0) is 19.8 Å². The van der Waals surface area contributed by atoms with Crippen LogP contribution in [0.4, 0.5) is 13.2 Å². The number of hydrogen-bond donors (Lipinski definition) is 1. The molecule has 0 aromatic rings. The molecule has 0 unspecified atom stereocenters. The quantitative estimate of drug-likeness (QED) is 0.725. The first-order valence-electron chi connectivity index (χ1n) is 4.34. The minimum Gasteiger partial charge on any atom is -0.385 e. The van der Waals surface area contributed by atoms with E-state index in [0.29, 0.717) is 0 Å². The van der Waals surface area contributed by atoms with Crippen molar-refractivity contribution in [2.24, 2.45) is 0 Å². The smallest absolute Gasteiger partial charge is 0.385 e. The number of hydrogen-bond acceptors (Lipinski definition) is 2. The van der Waals surface area contributed by atoms with E-state index in [-0.39, 0.29) is 12.8 Å². The molecule has 0 heterocycles. The topological polar surface area (TPSA) is 37.3 Å². The Hall–Kier alpha value is -1.10. The van der Waals surface area contributed by atoms with E-state index in [0.717, 1.165) is 19.1 Å². The van der Waals surface area contributed by atoms with Crippen LogP contribution in [0, 0.1) is 0 Å². The van der Waals surface area contributed by atoms with E-state index in [1.165, 1.54) is 0 Å². The van der Waals surface area contributed by atoms with Gasteiger partial charge in [-0.3, -0.25) is 4.79 Å². The predicted octanol–water partition coefficient (Wildman–Crippen LogP) is 2.39. The summed E-state index contributed by atoms with van der Waals surface area (Å²) in [7, 11) is 0. The van der Waals surface area contributed by atoms with Crippen LogP contribution in [-0.2, 0) is 4.79 Å². The number of allylic oxidation sites excluding steroid dienone is 2.